The molecule has 5 heteroatoms. The standard InChI is InChI=1S/C14H14N2O3/c17-14(18)12-8-9-13(16-15-12)19-10-4-7-11-5-2-1-3-6-11/h1-3,5-6,8-9H,4,7,10H2,(H,17,18). The molecular weight excluding hydrogens is 244 g/mol. The summed E-state index contributed by atoms with van der Waals surface area (Å²) < 4.78 is 5.40. The smallest absolute Gasteiger partial charge is 0.356 e. The van der Waals surface area contributed by atoms with E-state index in [-0.39, 0.29) is 5.69 Å². The molecule has 0 aliphatic rings. The Balaban J connectivity index is 1.75. The number of aromatic nitrogens is 2. The lowest BCUT2D eigenvalue weighted by Gasteiger charge is -2.04. The number of hydrogen-bond donors (Lipinski definition) is 1. The van der Waals surface area contributed by atoms with Gasteiger partial charge < -0.3 is 9.84 Å². The summed E-state index contributed by atoms with van der Waals surface area (Å²) in [6.07, 6.45) is 1.80. The zero-order chi connectivity index (χ0) is 13.5. The molecule has 1 N–H and O–H groups in total. The van der Waals surface area contributed by atoms with Crippen LogP contribution in [0.5, 0.6) is 5.88 Å². The number of carboxylic acids is 1. The van der Waals surface area contributed by atoms with Gasteiger partial charge in [0.25, 0.3) is 0 Å². The van der Waals surface area contributed by atoms with E-state index in [0.717, 1.165) is 12.8 Å². The van der Waals surface area contributed by atoms with Gasteiger partial charge in [-0.05, 0) is 24.5 Å². The molecular formula is C14H14N2O3. The molecule has 0 saturated heterocycles. The Bertz CT molecular complexity index is 526. The van der Waals surface area contributed by atoms with E-state index >= 15 is 0 Å². The van der Waals surface area contributed by atoms with Crippen LogP contribution in [0.1, 0.15) is 22.5 Å². The van der Waals surface area contributed by atoms with Gasteiger partial charge >= 0.3 is 5.97 Å². The van der Waals surface area contributed by atoms with Gasteiger partial charge in [-0.1, -0.05) is 30.3 Å². The van der Waals surface area contributed by atoms with E-state index < -0.39 is 5.97 Å². The number of rotatable bonds is 6. The van der Waals surface area contributed by atoms with Crippen LogP contribution < -0.4 is 4.74 Å². The summed E-state index contributed by atoms with van der Waals surface area (Å²) >= 11 is 0. The zero-order valence-corrected chi connectivity index (χ0v) is 10.3. The zero-order valence-electron chi connectivity index (χ0n) is 10.3. The van der Waals surface area contributed by atoms with E-state index in [1.165, 1.54) is 17.7 Å². The quantitative estimate of drug-likeness (QED) is 0.804. The first-order valence-corrected chi connectivity index (χ1v) is 5.99. The molecule has 1 heterocycles. The molecule has 0 unspecified atom stereocenters. The topological polar surface area (TPSA) is 72.3 Å². The lowest BCUT2D eigenvalue weighted by atomic mass is 10.1. The molecule has 0 aliphatic carbocycles. The molecule has 0 fully saturated rings. The van der Waals surface area contributed by atoms with Crippen molar-refractivity contribution in [1.82, 2.24) is 10.2 Å². The minimum atomic E-state index is -1.09. The summed E-state index contributed by atoms with van der Waals surface area (Å²) in [7, 11) is 0. The molecule has 0 amide bonds. The van der Waals surface area contributed by atoms with Crippen LogP contribution >= 0.6 is 0 Å². The van der Waals surface area contributed by atoms with Crippen LogP contribution in [0.25, 0.3) is 0 Å². The minimum Gasteiger partial charge on any atom is -0.477 e. The van der Waals surface area contributed by atoms with Crippen LogP contribution in [-0.4, -0.2) is 27.9 Å². The number of benzene rings is 1. The van der Waals surface area contributed by atoms with Gasteiger partial charge in [0.1, 0.15) is 0 Å². The fourth-order valence-electron chi connectivity index (χ4n) is 1.61. The Morgan fingerprint density at radius 3 is 2.53 bits per heavy atom. The molecule has 0 spiro atoms. The van der Waals surface area contributed by atoms with E-state index in [0.29, 0.717) is 12.5 Å². The maximum atomic E-state index is 10.6. The van der Waals surface area contributed by atoms with Crippen molar-refractivity contribution in [2.75, 3.05) is 6.61 Å². The summed E-state index contributed by atoms with van der Waals surface area (Å²) in [6, 6.07) is 13.0. The molecule has 0 radical (unpaired) electrons. The van der Waals surface area contributed by atoms with Crippen molar-refractivity contribution in [3.8, 4) is 5.88 Å². The molecule has 0 aliphatic heterocycles. The lowest BCUT2D eigenvalue weighted by molar-refractivity contribution is 0.0689. The average molecular weight is 258 g/mol. The largest absolute Gasteiger partial charge is 0.477 e. The van der Waals surface area contributed by atoms with Crippen LogP contribution in [0.3, 0.4) is 0 Å². The molecule has 19 heavy (non-hydrogen) atoms. The first kappa shape index (κ1) is 13.0. The van der Waals surface area contributed by atoms with Gasteiger partial charge in [-0.2, -0.15) is 0 Å². The molecule has 98 valence electrons. The third-order valence-corrected chi connectivity index (χ3v) is 2.56. The highest BCUT2D eigenvalue weighted by Gasteiger charge is 2.05. The SMILES string of the molecule is O=C(O)c1ccc(OCCCc2ccccc2)nn1. The first-order valence-electron chi connectivity index (χ1n) is 5.99. The lowest BCUT2D eigenvalue weighted by Crippen LogP contribution is -2.05. The van der Waals surface area contributed by atoms with Crippen molar-refractivity contribution in [2.45, 2.75) is 12.8 Å². The predicted molar refractivity (Wildman–Crippen MR) is 69.2 cm³/mol. The number of carboxylic acid groups (broad SMARTS) is 1. The number of aryl methyl sites for hydroxylation is 1. The molecule has 1 aromatic carbocycles. The number of nitrogens with zero attached hydrogens (tertiary/aromatic N) is 2. The van der Waals surface area contributed by atoms with Gasteiger partial charge in [0.05, 0.1) is 6.61 Å². The monoisotopic (exact) mass is 258 g/mol. The van der Waals surface area contributed by atoms with Gasteiger partial charge in [0, 0.05) is 6.07 Å². The fraction of sp³-hybridized carbons (Fsp3) is 0.214. The van der Waals surface area contributed by atoms with Crippen LogP contribution in [0, 0.1) is 0 Å². The second-order valence-corrected chi connectivity index (χ2v) is 4.00. The van der Waals surface area contributed by atoms with Crippen molar-refractivity contribution in [3.63, 3.8) is 0 Å². The third-order valence-electron chi connectivity index (χ3n) is 2.56. The maximum Gasteiger partial charge on any atom is 0.356 e. The van der Waals surface area contributed by atoms with Gasteiger partial charge in [-0.3, -0.25) is 0 Å². The van der Waals surface area contributed by atoms with Crippen molar-refractivity contribution in [2.24, 2.45) is 0 Å². The summed E-state index contributed by atoms with van der Waals surface area (Å²) in [6.45, 7) is 0.524. The first-order chi connectivity index (χ1) is 9.25. The number of ether oxygens (including phenoxy) is 1. The van der Waals surface area contributed by atoms with Crippen LogP contribution in [-0.2, 0) is 6.42 Å². The van der Waals surface area contributed by atoms with Gasteiger partial charge in [-0.15, -0.1) is 10.2 Å². The highest BCUT2D eigenvalue weighted by Crippen LogP contribution is 2.07. The highest BCUT2D eigenvalue weighted by atomic mass is 16.5. The van der Waals surface area contributed by atoms with Gasteiger partial charge in [0.15, 0.2) is 5.69 Å². The van der Waals surface area contributed by atoms with E-state index in [4.69, 9.17) is 9.84 Å². The average Bonchev–Trinajstić information content (AvgIpc) is 2.45. The van der Waals surface area contributed by atoms with Gasteiger partial charge in [0.2, 0.25) is 5.88 Å². The molecule has 5 nitrogen and oxygen atoms in total. The summed E-state index contributed by atoms with van der Waals surface area (Å²) in [5.41, 5.74) is 1.18. The Labute approximate surface area is 110 Å². The molecule has 2 rings (SSSR count). The van der Waals surface area contributed by atoms with Gasteiger partial charge in [-0.25, -0.2) is 4.79 Å². The normalized spacial score (nSPS) is 10.1. The predicted octanol–water partition coefficient (Wildman–Crippen LogP) is 2.19. The van der Waals surface area contributed by atoms with Crippen molar-refractivity contribution >= 4 is 5.97 Å². The highest BCUT2D eigenvalue weighted by molar-refractivity contribution is 5.84. The van der Waals surface area contributed by atoms with Crippen LogP contribution in [0.15, 0.2) is 42.5 Å². The van der Waals surface area contributed by atoms with E-state index in [9.17, 15) is 4.79 Å². The van der Waals surface area contributed by atoms with Crippen LogP contribution in [0.2, 0.25) is 0 Å². The Kier molecular flexibility index (Phi) is 4.44. The summed E-state index contributed by atoms with van der Waals surface area (Å²) in [5, 5.41) is 15.9. The molecule has 0 saturated carbocycles. The number of hydrogen-bond acceptors (Lipinski definition) is 4. The number of carbonyl (C=O) groups is 1. The minimum absolute atomic E-state index is 0.0864. The Morgan fingerprint density at radius 1 is 1.11 bits per heavy atom. The summed E-state index contributed by atoms with van der Waals surface area (Å²) in [5.74, 6) is -0.749. The molecule has 0 atom stereocenters. The second-order valence-electron chi connectivity index (χ2n) is 4.00. The van der Waals surface area contributed by atoms with Crippen molar-refractivity contribution in [3.05, 3.63) is 53.7 Å². The van der Waals surface area contributed by atoms with Crippen molar-refractivity contribution < 1.29 is 14.6 Å². The van der Waals surface area contributed by atoms with E-state index in [2.05, 4.69) is 22.3 Å². The number of aromatic carboxylic acids is 1. The Morgan fingerprint density at radius 2 is 1.89 bits per heavy atom. The van der Waals surface area contributed by atoms with E-state index in [1.54, 1.807) is 0 Å². The molecule has 2 aromatic rings. The third kappa shape index (κ3) is 4.06. The fourth-order valence-corrected chi connectivity index (χ4v) is 1.61. The molecule has 1 aromatic heterocycles. The van der Waals surface area contributed by atoms with E-state index in [1.807, 2.05) is 18.2 Å². The van der Waals surface area contributed by atoms with Crippen LogP contribution in [0.4, 0.5) is 0 Å². The second kappa shape index (κ2) is 6.49. The molecule has 0 bridgehead atoms. The summed E-state index contributed by atoms with van der Waals surface area (Å²) in [4.78, 5) is 10.6. The Hall–Kier alpha value is -2.43. The maximum absolute atomic E-state index is 10.6. The van der Waals surface area contributed by atoms with Crippen molar-refractivity contribution in [1.29, 1.82) is 0 Å².